The lowest BCUT2D eigenvalue weighted by atomic mass is 10.1. The van der Waals surface area contributed by atoms with Crippen LogP contribution < -0.4 is 0 Å². The predicted octanol–water partition coefficient (Wildman–Crippen LogP) is 2.79. The van der Waals surface area contributed by atoms with Crippen molar-refractivity contribution in [3.05, 3.63) is 35.4 Å². The van der Waals surface area contributed by atoms with Crippen LogP contribution in [0.2, 0.25) is 0 Å². The van der Waals surface area contributed by atoms with Gasteiger partial charge in [-0.2, -0.15) is 0 Å². The lowest BCUT2D eigenvalue weighted by molar-refractivity contribution is 0.0721. The Bertz CT molecular complexity index is 486. The Labute approximate surface area is 126 Å². The maximum atomic E-state index is 12.4. The zero-order valence-electron chi connectivity index (χ0n) is 13.0. The van der Waals surface area contributed by atoms with Gasteiger partial charge in [-0.1, -0.05) is 0 Å². The fourth-order valence-electron chi connectivity index (χ4n) is 2.73. The van der Waals surface area contributed by atoms with Gasteiger partial charge in [0, 0.05) is 37.3 Å². The Balaban J connectivity index is 2.07. The van der Waals surface area contributed by atoms with Crippen LogP contribution in [-0.2, 0) is 0 Å². The molecule has 0 spiro atoms. The summed E-state index contributed by atoms with van der Waals surface area (Å²) >= 11 is 0. The van der Waals surface area contributed by atoms with E-state index in [1.165, 1.54) is 6.42 Å². The summed E-state index contributed by atoms with van der Waals surface area (Å²) in [6.45, 7) is 7.02. The van der Waals surface area contributed by atoms with Crippen LogP contribution in [0.4, 0.5) is 0 Å². The van der Waals surface area contributed by atoms with Crippen LogP contribution in [0.25, 0.3) is 0 Å². The third-order valence-corrected chi connectivity index (χ3v) is 4.07. The Morgan fingerprint density at radius 1 is 0.952 bits per heavy atom. The Kier molecular flexibility index (Phi) is 5.37. The molecule has 1 saturated heterocycles. The van der Waals surface area contributed by atoms with Crippen LogP contribution in [0.3, 0.4) is 0 Å². The van der Waals surface area contributed by atoms with Crippen molar-refractivity contribution < 1.29 is 9.59 Å². The van der Waals surface area contributed by atoms with Gasteiger partial charge in [-0.15, -0.1) is 0 Å². The number of hydrogen-bond acceptors (Lipinski definition) is 2. The third kappa shape index (κ3) is 3.63. The van der Waals surface area contributed by atoms with E-state index in [0.717, 1.165) is 25.9 Å². The van der Waals surface area contributed by atoms with Gasteiger partial charge in [-0.05, 0) is 57.4 Å². The van der Waals surface area contributed by atoms with Crippen molar-refractivity contribution in [1.82, 2.24) is 9.80 Å². The molecule has 1 aromatic carbocycles. The van der Waals surface area contributed by atoms with Crippen LogP contribution in [0.5, 0.6) is 0 Å². The van der Waals surface area contributed by atoms with Crippen molar-refractivity contribution in [2.45, 2.75) is 33.1 Å². The molecule has 2 rings (SSSR count). The molecule has 4 heteroatoms. The van der Waals surface area contributed by atoms with E-state index in [4.69, 9.17) is 0 Å². The van der Waals surface area contributed by atoms with E-state index in [1.807, 2.05) is 18.7 Å². The van der Waals surface area contributed by atoms with Crippen LogP contribution in [0, 0.1) is 0 Å². The van der Waals surface area contributed by atoms with Gasteiger partial charge in [0.1, 0.15) is 0 Å². The maximum absolute atomic E-state index is 12.4. The number of carbonyl (C=O) groups is 2. The van der Waals surface area contributed by atoms with Crippen LogP contribution in [0.15, 0.2) is 24.3 Å². The number of rotatable bonds is 4. The van der Waals surface area contributed by atoms with Crippen LogP contribution >= 0.6 is 0 Å². The van der Waals surface area contributed by atoms with Gasteiger partial charge < -0.3 is 9.80 Å². The Morgan fingerprint density at radius 2 is 1.48 bits per heavy atom. The zero-order valence-corrected chi connectivity index (χ0v) is 13.0. The van der Waals surface area contributed by atoms with Gasteiger partial charge >= 0.3 is 0 Å². The fraction of sp³-hybridized carbons (Fsp3) is 0.529. The molecule has 0 atom stereocenters. The molecule has 1 heterocycles. The van der Waals surface area contributed by atoms with E-state index >= 15 is 0 Å². The number of benzene rings is 1. The largest absolute Gasteiger partial charge is 0.339 e. The second kappa shape index (κ2) is 7.25. The van der Waals surface area contributed by atoms with E-state index in [9.17, 15) is 9.59 Å². The minimum atomic E-state index is 0.0250. The van der Waals surface area contributed by atoms with E-state index < -0.39 is 0 Å². The topological polar surface area (TPSA) is 40.6 Å². The molecule has 0 saturated carbocycles. The zero-order chi connectivity index (χ0) is 15.2. The molecule has 114 valence electrons. The summed E-state index contributed by atoms with van der Waals surface area (Å²) in [7, 11) is 0. The SMILES string of the molecule is CCN(CC)C(=O)c1ccc(C(=O)N2CCCCC2)cc1. The Morgan fingerprint density at radius 3 is 2.00 bits per heavy atom. The summed E-state index contributed by atoms with van der Waals surface area (Å²) in [5.74, 6) is 0.105. The van der Waals surface area contributed by atoms with Crippen molar-refractivity contribution in [1.29, 1.82) is 0 Å². The first-order valence-corrected chi connectivity index (χ1v) is 7.86. The number of amides is 2. The first-order chi connectivity index (χ1) is 10.2. The van der Waals surface area contributed by atoms with Crippen molar-refractivity contribution in [2.24, 2.45) is 0 Å². The van der Waals surface area contributed by atoms with Gasteiger partial charge in [0.15, 0.2) is 0 Å². The molecule has 21 heavy (non-hydrogen) atoms. The Hall–Kier alpha value is -1.84. The highest BCUT2D eigenvalue weighted by Gasteiger charge is 2.19. The summed E-state index contributed by atoms with van der Waals surface area (Å²) < 4.78 is 0. The molecule has 0 unspecified atom stereocenters. The minimum Gasteiger partial charge on any atom is -0.339 e. The monoisotopic (exact) mass is 288 g/mol. The van der Waals surface area contributed by atoms with Gasteiger partial charge in [0.25, 0.3) is 11.8 Å². The average molecular weight is 288 g/mol. The van der Waals surface area contributed by atoms with Gasteiger partial charge in [0.2, 0.25) is 0 Å². The number of hydrogen-bond donors (Lipinski definition) is 0. The van der Waals surface area contributed by atoms with E-state index in [1.54, 1.807) is 29.2 Å². The lowest BCUT2D eigenvalue weighted by Crippen LogP contribution is -2.35. The summed E-state index contributed by atoms with van der Waals surface area (Å²) in [5.41, 5.74) is 1.32. The van der Waals surface area contributed by atoms with E-state index in [-0.39, 0.29) is 11.8 Å². The fourth-order valence-corrected chi connectivity index (χ4v) is 2.73. The quantitative estimate of drug-likeness (QED) is 0.855. The number of nitrogens with zero attached hydrogens (tertiary/aromatic N) is 2. The molecule has 0 aliphatic carbocycles. The van der Waals surface area contributed by atoms with Crippen molar-refractivity contribution in [2.75, 3.05) is 26.2 Å². The summed E-state index contributed by atoms with van der Waals surface area (Å²) in [6, 6.07) is 7.07. The molecule has 0 aromatic heterocycles. The van der Waals surface area contributed by atoms with Gasteiger partial charge in [-0.3, -0.25) is 9.59 Å². The average Bonchev–Trinajstić information content (AvgIpc) is 2.56. The summed E-state index contributed by atoms with van der Waals surface area (Å²) in [5, 5.41) is 0. The highest BCUT2D eigenvalue weighted by molar-refractivity contribution is 5.97. The molecule has 1 aliphatic heterocycles. The molecule has 0 radical (unpaired) electrons. The molecule has 0 bridgehead atoms. The second-order valence-corrected chi connectivity index (χ2v) is 5.41. The van der Waals surface area contributed by atoms with Crippen LogP contribution in [0.1, 0.15) is 53.8 Å². The lowest BCUT2D eigenvalue weighted by Gasteiger charge is -2.26. The minimum absolute atomic E-state index is 0.0250. The standard InChI is InChI=1S/C17H24N2O2/c1-3-18(4-2)16(20)14-8-10-15(11-9-14)17(21)19-12-6-5-7-13-19/h8-11H,3-7,12-13H2,1-2H3. The molecule has 2 amide bonds. The molecular weight excluding hydrogens is 264 g/mol. The maximum Gasteiger partial charge on any atom is 0.253 e. The second-order valence-electron chi connectivity index (χ2n) is 5.41. The molecule has 4 nitrogen and oxygen atoms in total. The third-order valence-electron chi connectivity index (χ3n) is 4.07. The van der Waals surface area contributed by atoms with E-state index in [0.29, 0.717) is 24.2 Å². The first kappa shape index (κ1) is 15.5. The number of likely N-dealkylation sites (tertiary alicyclic amines) is 1. The molecular formula is C17H24N2O2. The first-order valence-electron chi connectivity index (χ1n) is 7.86. The molecule has 1 aliphatic rings. The summed E-state index contributed by atoms with van der Waals surface area (Å²) in [4.78, 5) is 28.3. The molecule has 1 fully saturated rings. The molecule has 0 N–H and O–H groups in total. The van der Waals surface area contributed by atoms with Gasteiger partial charge in [0.05, 0.1) is 0 Å². The number of piperidine rings is 1. The van der Waals surface area contributed by atoms with E-state index in [2.05, 4.69) is 0 Å². The number of carbonyl (C=O) groups excluding carboxylic acids is 2. The predicted molar refractivity (Wildman–Crippen MR) is 83.4 cm³/mol. The van der Waals surface area contributed by atoms with Gasteiger partial charge in [-0.25, -0.2) is 0 Å². The highest BCUT2D eigenvalue weighted by Crippen LogP contribution is 2.14. The van der Waals surface area contributed by atoms with Crippen LogP contribution in [-0.4, -0.2) is 47.8 Å². The summed E-state index contributed by atoms with van der Waals surface area (Å²) in [6.07, 6.45) is 3.38. The van der Waals surface area contributed by atoms with Crippen molar-refractivity contribution in [3.8, 4) is 0 Å². The molecule has 1 aromatic rings. The highest BCUT2D eigenvalue weighted by atomic mass is 16.2. The van der Waals surface area contributed by atoms with Crippen molar-refractivity contribution in [3.63, 3.8) is 0 Å². The van der Waals surface area contributed by atoms with Crippen molar-refractivity contribution >= 4 is 11.8 Å². The smallest absolute Gasteiger partial charge is 0.253 e. The normalized spacial score (nSPS) is 14.9.